The zero-order chi connectivity index (χ0) is 15.1. The number of rotatable bonds is 6. The summed E-state index contributed by atoms with van der Waals surface area (Å²) in [7, 11) is 0. The zero-order valence-corrected chi connectivity index (χ0v) is 12.3. The second kappa shape index (κ2) is 7.64. The molecule has 0 aromatic heterocycles. The van der Waals surface area contributed by atoms with Crippen molar-refractivity contribution in [2.24, 2.45) is 0 Å². The first-order valence-electron chi connectivity index (χ1n) is 5.83. The van der Waals surface area contributed by atoms with E-state index in [9.17, 15) is 14.4 Å². The summed E-state index contributed by atoms with van der Waals surface area (Å²) in [6.45, 7) is 1.90. The summed E-state index contributed by atoms with van der Waals surface area (Å²) in [5.41, 5.74) is -0.135. The van der Waals surface area contributed by atoms with E-state index in [2.05, 4.69) is 20.7 Å². The molecule has 0 saturated heterocycles. The zero-order valence-electron chi connectivity index (χ0n) is 10.7. The smallest absolute Gasteiger partial charge is 0.339 e. The Labute approximate surface area is 123 Å². The van der Waals surface area contributed by atoms with Crippen LogP contribution in [-0.4, -0.2) is 29.6 Å². The van der Waals surface area contributed by atoms with E-state index in [0.29, 0.717) is 4.47 Å². The molecule has 0 aliphatic heterocycles. The number of hydrogen-bond acceptors (Lipinski definition) is 5. The van der Waals surface area contributed by atoms with Gasteiger partial charge in [0, 0.05) is 4.47 Å². The van der Waals surface area contributed by atoms with E-state index in [0.717, 1.165) is 0 Å². The Kier molecular flexibility index (Phi) is 6.17. The summed E-state index contributed by atoms with van der Waals surface area (Å²) in [5, 5.41) is 9.00. The maximum absolute atomic E-state index is 11.5. The van der Waals surface area contributed by atoms with Crippen LogP contribution in [0.2, 0.25) is 0 Å². The van der Waals surface area contributed by atoms with Crippen LogP contribution in [0.25, 0.3) is 0 Å². The number of hydrogen-bond donors (Lipinski definition) is 1. The Hall–Kier alpha value is -1.89. The molecule has 0 radical (unpaired) electrons. The lowest BCUT2D eigenvalue weighted by molar-refractivity contribution is -0.146. The van der Waals surface area contributed by atoms with Gasteiger partial charge in [0.15, 0.2) is 0 Å². The van der Waals surface area contributed by atoms with E-state index in [1.165, 1.54) is 12.1 Å². The van der Waals surface area contributed by atoms with Gasteiger partial charge in [-0.15, -0.1) is 0 Å². The van der Waals surface area contributed by atoms with Crippen molar-refractivity contribution in [2.45, 2.75) is 19.8 Å². The van der Waals surface area contributed by atoms with Gasteiger partial charge in [-0.2, -0.15) is 0 Å². The SMILES string of the molecule is CCOC(=O)CCC(=O)Oc1ccc(Br)cc1C(=O)O. The van der Waals surface area contributed by atoms with Crippen molar-refractivity contribution in [3.63, 3.8) is 0 Å². The molecule has 0 saturated carbocycles. The molecular formula is C13H13BrO6. The molecule has 7 heteroatoms. The number of benzene rings is 1. The van der Waals surface area contributed by atoms with Crippen molar-refractivity contribution < 1.29 is 29.0 Å². The molecule has 0 aliphatic rings. The van der Waals surface area contributed by atoms with Crippen LogP contribution in [0.4, 0.5) is 0 Å². The molecule has 1 rings (SSSR count). The number of aromatic carboxylic acids is 1. The molecule has 6 nitrogen and oxygen atoms in total. The van der Waals surface area contributed by atoms with E-state index in [1.54, 1.807) is 13.0 Å². The third-order valence-electron chi connectivity index (χ3n) is 2.23. The molecule has 0 amide bonds. The van der Waals surface area contributed by atoms with Gasteiger partial charge in [-0.3, -0.25) is 9.59 Å². The minimum Gasteiger partial charge on any atom is -0.478 e. The monoisotopic (exact) mass is 344 g/mol. The fourth-order valence-corrected chi connectivity index (χ4v) is 1.73. The number of carboxylic acid groups (broad SMARTS) is 1. The third kappa shape index (κ3) is 5.00. The fraction of sp³-hybridized carbons (Fsp3) is 0.308. The van der Waals surface area contributed by atoms with Crippen molar-refractivity contribution >= 4 is 33.8 Å². The fourth-order valence-electron chi connectivity index (χ4n) is 1.37. The van der Waals surface area contributed by atoms with Gasteiger partial charge in [-0.1, -0.05) is 15.9 Å². The predicted octanol–water partition coefficient (Wildman–Crippen LogP) is 2.40. The largest absolute Gasteiger partial charge is 0.478 e. The van der Waals surface area contributed by atoms with Crippen molar-refractivity contribution in [1.29, 1.82) is 0 Å². The normalized spacial score (nSPS) is 9.90. The topological polar surface area (TPSA) is 89.9 Å². The van der Waals surface area contributed by atoms with Crippen LogP contribution in [-0.2, 0) is 14.3 Å². The van der Waals surface area contributed by atoms with Crippen molar-refractivity contribution in [3.8, 4) is 5.75 Å². The molecular weight excluding hydrogens is 332 g/mol. The van der Waals surface area contributed by atoms with Gasteiger partial charge in [0.05, 0.1) is 19.4 Å². The number of ether oxygens (including phenoxy) is 2. The van der Waals surface area contributed by atoms with Gasteiger partial charge >= 0.3 is 17.9 Å². The Morgan fingerprint density at radius 2 is 1.85 bits per heavy atom. The molecule has 0 aliphatic carbocycles. The molecule has 0 spiro atoms. The highest BCUT2D eigenvalue weighted by Crippen LogP contribution is 2.23. The summed E-state index contributed by atoms with van der Waals surface area (Å²) < 4.78 is 10.2. The Morgan fingerprint density at radius 3 is 2.45 bits per heavy atom. The van der Waals surface area contributed by atoms with E-state index in [1.807, 2.05) is 0 Å². The van der Waals surface area contributed by atoms with Crippen LogP contribution in [0.1, 0.15) is 30.1 Å². The second-order valence-corrected chi connectivity index (χ2v) is 4.64. The summed E-state index contributed by atoms with van der Waals surface area (Å²) >= 11 is 3.13. The highest BCUT2D eigenvalue weighted by Gasteiger charge is 2.16. The second-order valence-electron chi connectivity index (χ2n) is 3.72. The number of halogens is 1. The van der Waals surface area contributed by atoms with Crippen LogP contribution in [0, 0.1) is 0 Å². The summed E-state index contributed by atoms with van der Waals surface area (Å²) in [6.07, 6.45) is -0.278. The summed E-state index contributed by atoms with van der Waals surface area (Å²) in [4.78, 5) is 33.7. The molecule has 0 bridgehead atoms. The van der Waals surface area contributed by atoms with Crippen LogP contribution in [0.15, 0.2) is 22.7 Å². The van der Waals surface area contributed by atoms with Gasteiger partial charge in [-0.05, 0) is 25.1 Å². The minimum atomic E-state index is -1.21. The van der Waals surface area contributed by atoms with Crippen molar-refractivity contribution in [2.75, 3.05) is 6.61 Å². The summed E-state index contributed by atoms with van der Waals surface area (Å²) in [5.74, 6) is -2.46. The first-order valence-corrected chi connectivity index (χ1v) is 6.62. The molecule has 0 unspecified atom stereocenters. The molecule has 1 aromatic rings. The van der Waals surface area contributed by atoms with E-state index >= 15 is 0 Å². The third-order valence-corrected chi connectivity index (χ3v) is 2.73. The Balaban J connectivity index is 2.66. The minimum absolute atomic E-state index is 0.0606. The van der Waals surface area contributed by atoms with Crippen molar-refractivity contribution in [1.82, 2.24) is 0 Å². The average molecular weight is 345 g/mol. The van der Waals surface area contributed by atoms with Crippen LogP contribution in [0.3, 0.4) is 0 Å². The average Bonchev–Trinajstić information content (AvgIpc) is 2.38. The highest BCUT2D eigenvalue weighted by molar-refractivity contribution is 9.10. The lowest BCUT2D eigenvalue weighted by Gasteiger charge is -2.07. The molecule has 1 N–H and O–H groups in total. The lowest BCUT2D eigenvalue weighted by Crippen LogP contribution is -2.14. The molecule has 0 atom stereocenters. The van der Waals surface area contributed by atoms with Crippen molar-refractivity contribution in [3.05, 3.63) is 28.2 Å². The lowest BCUT2D eigenvalue weighted by atomic mass is 10.2. The molecule has 20 heavy (non-hydrogen) atoms. The molecule has 0 fully saturated rings. The van der Waals surface area contributed by atoms with Crippen LogP contribution < -0.4 is 4.74 Å². The van der Waals surface area contributed by atoms with E-state index < -0.39 is 17.9 Å². The Morgan fingerprint density at radius 1 is 1.20 bits per heavy atom. The number of carboxylic acids is 1. The molecule has 108 valence electrons. The van der Waals surface area contributed by atoms with E-state index in [-0.39, 0.29) is 30.8 Å². The maximum Gasteiger partial charge on any atom is 0.339 e. The molecule has 0 heterocycles. The van der Waals surface area contributed by atoms with Gasteiger partial charge in [0.25, 0.3) is 0 Å². The standard InChI is InChI=1S/C13H13BrO6/c1-2-19-11(15)5-6-12(16)20-10-4-3-8(14)7-9(10)13(17)18/h3-4,7H,2,5-6H2,1H3,(H,17,18). The molecule has 1 aromatic carbocycles. The quantitative estimate of drug-likeness (QED) is 0.629. The van der Waals surface area contributed by atoms with Gasteiger partial charge < -0.3 is 14.6 Å². The number of carbonyl (C=O) groups excluding carboxylic acids is 2. The van der Waals surface area contributed by atoms with Gasteiger partial charge in [-0.25, -0.2) is 4.79 Å². The highest BCUT2D eigenvalue weighted by atomic mass is 79.9. The number of esters is 2. The van der Waals surface area contributed by atoms with E-state index in [4.69, 9.17) is 9.84 Å². The Bertz CT molecular complexity index is 526. The van der Waals surface area contributed by atoms with Crippen LogP contribution >= 0.6 is 15.9 Å². The van der Waals surface area contributed by atoms with Gasteiger partial charge in [0.1, 0.15) is 11.3 Å². The van der Waals surface area contributed by atoms with Gasteiger partial charge in [0.2, 0.25) is 0 Å². The van der Waals surface area contributed by atoms with Crippen LogP contribution in [0.5, 0.6) is 5.75 Å². The maximum atomic E-state index is 11.5. The first kappa shape index (κ1) is 16.2. The summed E-state index contributed by atoms with van der Waals surface area (Å²) in [6, 6.07) is 4.26. The predicted molar refractivity (Wildman–Crippen MR) is 72.6 cm³/mol. The first-order chi connectivity index (χ1) is 9.43. The number of carbonyl (C=O) groups is 3.